The number of halogens is 3. The van der Waals surface area contributed by atoms with Crippen LogP contribution < -0.4 is 4.74 Å². The van der Waals surface area contributed by atoms with Gasteiger partial charge < -0.3 is 14.4 Å². The molecule has 1 N–H and O–H groups in total. The summed E-state index contributed by atoms with van der Waals surface area (Å²) in [5.41, 5.74) is 2.23. The van der Waals surface area contributed by atoms with Crippen molar-refractivity contribution in [2.24, 2.45) is 0 Å². The van der Waals surface area contributed by atoms with Gasteiger partial charge >= 0.3 is 12.1 Å². The second kappa shape index (κ2) is 9.57. The number of hydrogen-bond acceptors (Lipinski definition) is 5. The number of alkyl halides is 3. The van der Waals surface area contributed by atoms with Gasteiger partial charge in [-0.3, -0.25) is 0 Å². The Labute approximate surface area is 211 Å². The molecule has 0 bridgehead atoms. The van der Waals surface area contributed by atoms with Crippen molar-refractivity contribution in [2.45, 2.75) is 65.2 Å². The van der Waals surface area contributed by atoms with E-state index in [-0.39, 0.29) is 5.92 Å². The van der Waals surface area contributed by atoms with Gasteiger partial charge in [0.2, 0.25) is 0 Å². The predicted molar refractivity (Wildman–Crippen MR) is 131 cm³/mol. The number of aromatic nitrogens is 3. The number of aliphatic carboxylic acids is 1. The molecular weight excluding hydrogens is 487 g/mol. The summed E-state index contributed by atoms with van der Waals surface area (Å²) < 4.78 is 51.6. The highest BCUT2D eigenvalue weighted by molar-refractivity contribution is 5.83. The van der Waals surface area contributed by atoms with Gasteiger partial charge in [-0.1, -0.05) is 19.0 Å². The monoisotopic (exact) mass is 515 g/mol. The minimum atomic E-state index is -4.39. The summed E-state index contributed by atoms with van der Waals surface area (Å²) in [6.45, 7) is 8.80. The lowest BCUT2D eigenvalue weighted by molar-refractivity contribution is -0.152. The van der Waals surface area contributed by atoms with Crippen LogP contribution in [0.2, 0.25) is 0 Å². The number of ether oxygens (including phenoxy) is 1. The summed E-state index contributed by atoms with van der Waals surface area (Å²) in [6.07, 6.45) is -1.41. The second-order valence-electron chi connectivity index (χ2n) is 9.84. The first kappa shape index (κ1) is 26.2. The number of hydrogen-bond donors (Lipinski definition) is 1. The van der Waals surface area contributed by atoms with E-state index < -0.39 is 23.3 Å². The Morgan fingerprint density at radius 2 is 1.81 bits per heavy atom. The zero-order valence-corrected chi connectivity index (χ0v) is 21.2. The number of carboxylic acid groups (broad SMARTS) is 1. The number of benzene rings is 2. The smallest absolute Gasteiger partial charge is 0.416 e. The predicted octanol–water partition coefficient (Wildman–Crippen LogP) is 6.49. The number of aryl methyl sites for hydroxylation is 3. The lowest BCUT2D eigenvalue weighted by atomic mass is 10.0. The van der Waals surface area contributed by atoms with Crippen molar-refractivity contribution >= 4 is 16.9 Å². The van der Waals surface area contributed by atoms with E-state index in [9.17, 15) is 23.1 Å². The van der Waals surface area contributed by atoms with Crippen LogP contribution in [0.4, 0.5) is 13.2 Å². The van der Waals surface area contributed by atoms with Crippen molar-refractivity contribution in [3.8, 4) is 11.4 Å². The quantitative estimate of drug-likeness (QED) is 0.288. The van der Waals surface area contributed by atoms with Crippen LogP contribution >= 0.6 is 0 Å². The molecule has 0 saturated carbocycles. The van der Waals surface area contributed by atoms with Crippen LogP contribution in [0.5, 0.6) is 5.75 Å². The molecule has 2 aromatic carbocycles. The molecule has 0 saturated heterocycles. The summed E-state index contributed by atoms with van der Waals surface area (Å²) in [5.74, 6) is -0.565. The summed E-state index contributed by atoms with van der Waals surface area (Å²) in [5, 5.41) is 19.0. The zero-order valence-electron chi connectivity index (χ0n) is 21.2. The number of nitrogens with zero attached hydrogens (tertiary/aromatic N) is 3. The molecule has 0 fully saturated rings. The standard InChI is InChI=1S/C27H28F3N3O4/c1-15(2)24-17(14-33(31-24)19-9-7-18(8-10-19)27(28,29)30)6-11-21-20-12-16(3)22(13-23(20)37-32-21)36-26(4,5)25(34)35/h7-10,12-15H,6,11H2,1-5H3,(H,34,35). The third kappa shape index (κ3) is 5.47. The molecule has 0 radical (unpaired) electrons. The zero-order chi connectivity index (χ0) is 27.1. The lowest BCUT2D eigenvalue weighted by Gasteiger charge is -2.22. The SMILES string of the molecule is Cc1cc2c(CCc3cn(-c4ccc(C(F)(F)F)cc4)nc3C(C)C)noc2cc1OC(C)(C)C(=O)O. The molecule has 0 atom stereocenters. The Bertz CT molecular complexity index is 1430. The summed E-state index contributed by atoms with van der Waals surface area (Å²) >= 11 is 0. The lowest BCUT2D eigenvalue weighted by Crippen LogP contribution is -2.38. The Morgan fingerprint density at radius 1 is 1.14 bits per heavy atom. The number of carbonyl (C=O) groups is 1. The normalized spacial score (nSPS) is 12.5. The summed E-state index contributed by atoms with van der Waals surface area (Å²) in [6, 6.07) is 8.42. The fourth-order valence-electron chi connectivity index (χ4n) is 4.02. The Morgan fingerprint density at radius 3 is 2.41 bits per heavy atom. The van der Waals surface area contributed by atoms with Crippen molar-refractivity contribution in [1.82, 2.24) is 14.9 Å². The van der Waals surface area contributed by atoms with Crippen LogP contribution in [-0.2, 0) is 23.8 Å². The van der Waals surface area contributed by atoms with E-state index in [2.05, 4.69) is 10.3 Å². The van der Waals surface area contributed by atoms with E-state index in [4.69, 9.17) is 9.26 Å². The molecule has 2 aromatic heterocycles. The third-order valence-corrected chi connectivity index (χ3v) is 6.18. The van der Waals surface area contributed by atoms with E-state index in [1.807, 2.05) is 33.0 Å². The molecule has 0 aliphatic rings. The van der Waals surface area contributed by atoms with Gasteiger partial charge in [-0.2, -0.15) is 18.3 Å². The van der Waals surface area contributed by atoms with Gasteiger partial charge in [-0.05, 0) is 81.0 Å². The molecule has 10 heteroatoms. The summed E-state index contributed by atoms with van der Waals surface area (Å²) in [4.78, 5) is 11.4. The molecule has 0 aliphatic carbocycles. The molecule has 4 aromatic rings. The van der Waals surface area contributed by atoms with Crippen LogP contribution in [0.15, 0.2) is 47.1 Å². The number of rotatable bonds is 8. The largest absolute Gasteiger partial charge is 0.478 e. The van der Waals surface area contributed by atoms with Crippen LogP contribution in [0.3, 0.4) is 0 Å². The molecule has 0 amide bonds. The molecule has 37 heavy (non-hydrogen) atoms. The van der Waals surface area contributed by atoms with Gasteiger partial charge in [0.15, 0.2) is 11.2 Å². The Hall–Kier alpha value is -3.82. The molecular formula is C27H28F3N3O4. The maximum absolute atomic E-state index is 12.9. The van der Waals surface area contributed by atoms with Crippen LogP contribution in [-0.4, -0.2) is 31.6 Å². The van der Waals surface area contributed by atoms with Gasteiger partial charge in [0.05, 0.1) is 22.6 Å². The van der Waals surface area contributed by atoms with E-state index in [1.165, 1.54) is 26.0 Å². The average molecular weight is 516 g/mol. The van der Waals surface area contributed by atoms with Gasteiger partial charge in [0.1, 0.15) is 5.75 Å². The third-order valence-electron chi connectivity index (χ3n) is 6.18. The molecule has 4 rings (SSSR count). The highest BCUT2D eigenvalue weighted by atomic mass is 19.4. The molecule has 7 nitrogen and oxygen atoms in total. The van der Waals surface area contributed by atoms with Crippen LogP contribution in [0.1, 0.15) is 61.7 Å². The maximum Gasteiger partial charge on any atom is 0.416 e. The number of fused-ring (bicyclic) bond motifs is 1. The topological polar surface area (TPSA) is 90.4 Å². The molecule has 0 spiro atoms. The van der Waals surface area contributed by atoms with E-state index >= 15 is 0 Å². The highest BCUT2D eigenvalue weighted by Gasteiger charge is 2.31. The molecule has 0 unspecified atom stereocenters. The second-order valence-corrected chi connectivity index (χ2v) is 9.84. The van der Waals surface area contributed by atoms with Gasteiger partial charge in [-0.25, -0.2) is 9.48 Å². The highest BCUT2D eigenvalue weighted by Crippen LogP contribution is 2.32. The fraction of sp³-hybridized carbons (Fsp3) is 0.370. The first-order valence-corrected chi connectivity index (χ1v) is 11.8. The first-order chi connectivity index (χ1) is 17.3. The Kier molecular flexibility index (Phi) is 6.79. The van der Waals surface area contributed by atoms with E-state index in [0.29, 0.717) is 29.9 Å². The van der Waals surface area contributed by atoms with Gasteiger partial charge in [0, 0.05) is 17.6 Å². The van der Waals surface area contributed by atoms with Crippen molar-refractivity contribution in [3.05, 3.63) is 70.7 Å². The summed E-state index contributed by atoms with van der Waals surface area (Å²) in [7, 11) is 0. The number of carboxylic acids is 1. The molecule has 0 aliphatic heterocycles. The fourth-order valence-corrected chi connectivity index (χ4v) is 4.02. The van der Waals surface area contributed by atoms with Crippen LogP contribution in [0, 0.1) is 6.92 Å². The maximum atomic E-state index is 12.9. The van der Waals surface area contributed by atoms with Gasteiger partial charge in [0.25, 0.3) is 0 Å². The average Bonchev–Trinajstić information content (AvgIpc) is 3.41. The van der Waals surface area contributed by atoms with E-state index in [0.717, 1.165) is 40.0 Å². The molecule has 196 valence electrons. The first-order valence-electron chi connectivity index (χ1n) is 11.8. The Balaban J connectivity index is 1.57. The van der Waals surface area contributed by atoms with Crippen molar-refractivity contribution < 1.29 is 32.3 Å². The van der Waals surface area contributed by atoms with Crippen LogP contribution in [0.25, 0.3) is 16.7 Å². The van der Waals surface area contributed by atoms with Crippen molar-refractivity contribution in [2.75, 3.05) is 0 Å². The van der Waals surface area contributed by atoms with Crippen molar-refractivity contribution in [1.29, 1.82) is 0 Å². The van der Waals surface area contributed by atoms with Gasteiger partial charge in [-0.15, -0.1) is 0 Å². The van der Waals surface area contributed by atoms with Crippen molar-refractivity contribution in [3.63, 3.8) is 0 Å². The molecule has 2 heterocycles. The minimum Gasteiger partial charge on any atom is -0.478 e. The minimum absolute atomic E-state index is 0.110. The van der Waals surface area contributed by atoms with E-state index in [1.54, 1.807) is 10.7 Å².